The van der Waals surface area contributed by atoms with Crippen molar-refractivity contribution in [2.75, 3.05) is 13.1 Å². The molecule has 5 aromatic carbocycles. The molecule has 10 heteroatoms. The van der Waals surface area contributed by atoms with E-state index >= 15 is 0 Å². The second-order valence-electron chi connectivity index (χ2n) is 19.1. The molecule has 2 heterocycles. The lowest BCUT2D eigenvalue weighted by Crippen LogP contribution is -2.47. The lowest BCUT2D eigenvalue weighted by atomic mass is 9.65. The number of ether oxygens (including phenoxy) is 2. The molecule has 0 radical (unpaired) electrons. The highest BCUT2D eigenvalue weighted by Gasteiger charge is 2.51. The molecule has 7 atom stereocenters. The quantitative estimate of drug-likeness (QED) is 0.102. The number of carbonyl (C=O) groups excluding carboxylic acids is 1. The first-order valence-corrected chi connectivity index (χ1v) is 23.5. The molecule has 1 saturated carbocycles. The van der Waals surface area contributed by atoms with Gasteiger partial charge in [-0.1, -0.05) is 149 Å². The lowest BCUT2D eigenvalue weighted by molar-refractivity contribution is -0.276. The molecule has 8 rings (SSSR count). The summed E-state index contributed by atoms with van der Waals surface area (Å²) in [6.07, 6.45) is 3.03. The van der Waals surface area contributed by atoms with Gasteiger partial charge in [0.2, 0.25) is 15.9 Å². The van der Waals surface area contributed by atoms with Crippen molar-refractivity contribution < 1.29 is 27.8 Å². The van der Waals surface area contributed by atoms with Gasteiger partial charge in [0.25, 0.3) is 0 Å². The summed E-state index contributed by atoms with van der Waals surface area (Å²) in [4.78, 5) is 16.7. The molecule has 62 heavy (non-hydrogen) atoms. The number of fused-ring (bicyclic) bond motifs is 2. The van der Waals surface area contributed by atoms with E-state index in [0.717, 1.165) is 57.6 Å². The Morgan fingerprint density at radius 3 is 2.21 bits per heavy atom. The Morgan fingerprint density at radius 1 is 0.823 bits per heavy atom. The van der Waals surface area contributed by atoms with Gasteiger partial charge in [-0.05, 0) is 89.0 Å². The Kier molecular flexibility index (Phi) is 12.9. The van der Waals surface area contributed by atoms with Gasteiger partial charge in [-0.2, -0.15) is 4.72 Å². The van der Waals surface area contributed by atoms with E-state index in [9.17, 15) is 18.3 Å². The fourth-order valence-electron chi connectivity index (χ4n) is 10.4. The Balaban J connectivity index is 0.998. The Labute approximate surface area is 367 Å². The number of aryl methyl sites for hydroxylation is 1. The first-order chi connectivity index (χ1) is 29.7. The predicted octanol–water partition coefficient (Wildman–Crippen LogP) is 9.05. The van der Waals surface area contributed by atoms with Gasteiger partial charge in [0, 0.05) is 37.2 Å². The van der Waals surface area contributed by atoms with Crippen LogP contribution in [0.2, 0.25) is 0 Å². The summed E-state index contributed by atoms with van der Waals surface area (Å²) in [6, 6.07) is 39.8. The number of nitrogens with zero attached hydrogens (tertiary/aromatic N) is 1. The van der Waals surface area contributed by atoms with E-state index in [-0.39, 0.29) is 42.6 Å². The van der Waals surface area contributed by atoms with Crippen molar-refractivity contribution in [1.82, 2.24) is 14.9 Å². The van der Waals surface area contributed by atoms with Crippen LogP contribution >= 0.6 is 0 Å². The molecule has 1 amide bonds. The Bertz CT molecular complexity index is 2420. The summed E-state index contributed by atoms with van der Waals surface area (Å²) in [7, 11) is -3.98. The molecule has 5 aromatic rings. The van der Waals surface area contributed by atoms with E-state index in [1.165, 1.54) is 19.3 Å². The molecule has 3 fully saturated rings. The maximum absolute atomic E-state index is 13.9. The van der Waals surface area contributed by atoms with E-state index in [1.54, 1.807) is 24.3 Å². The van der Waals surface area contributed by atoms with Crippen LogP contribution in [0, 0.1) is 23.7 Å². The average molecular weight is 856 g/mol. The first-order valence-electron chi connectivity index (χ1n) is 22.0. The van der Waals surface area contributed by atoms with Crippen LogP contribution in [0.25, 0.3) is 11.1 Å². The second-order valence-corrected chi connectivity index (χ2v) is 20.9. The number of aliphatic hydroxyl groups excluding tert-OH is 1. The van der Waals surface area contributed by atoms with E-state index < -0.39 is 28.3 Å². The molecule has 9 nitrogen and oxygen atoms in total. The van der Waals surface area contributed by atoms with Crippen LogP contribution in [0.1, 0.15) is 92.7 Å². The Morgan fingerprint density at radius 2 is 1.50 bits per heavy atom. The summed E-state index contributed by atoms with van der Waals surface area (Å²) < 4.78 is 43.4. The van der Waals surface area contributed by atoms with Gasteiger partial charge in [-0.15, -0.1) is 0 Å². The number of hydrogen-bond donors (Lipinski definition) is 3. The highest BCUT2D eigenvalue weighted by Crippen LogP contribution is 2.53. The van der Waals surface area contributed by atoms with E-state index in [1.807, 2.05) is 73.7 Å². The predicted molar refractivity (Wildman–Crippen MR) is 243 cm³/mol. The van der Waals surface area contributed by atoms with Crippen LogP contribution < -0.4 is 10.0 Å². The maximum Gasteiger partial charge on any atom is 0.241 e. The fraction of sp³-hybridized carbons (Fsp3) is 0.404. The zero-order valence-corrected chi connectivity index (χ0v) is 37.4. The van der Waals surface area contributed by atoms with Crippen LogP contribution in [-0.2, 0) is 43.9 Å². The van der Waals surface area contributed by atoms with Crippen LogP contribution in [-0.4, -0.2) is 55.6 Å². The Hall–Kier alpha value is -4.68. The number of benzene rings is 5. The number of nitrogens with one attached hydrogen (secondary N) is 2. The van der Waals surface area contributed by atoms with Crippen molar-refractivity contribution >= 4 is 15.9 Å². The minimum absolute atomic E-state index is 0.00608. The number of sulfonamides is 1. The summed E-state index contributed by atoms with van der Waals surface area (Å²) in [5.41, 5.74) is 8.11. The van der Waals surface area contributed by atoms with Crippen molar-refractivity contribution in [1.29, 1.82) is 0 Å². The molecule has 0 aromatic heterocycles. The van der Waals surface area contributed by atoms with Crippen LogP contribution in [0.5, 0.6) is 0 Å². The number of rotatable bonds is 14. The molecule has 2 unspecified atom stereocenters. The molecular formula is C52H61N3O6S. The van der Waals surface area contributed by atoms with Crippen molar-refractivity contribution in [3.63, 3.8) is 0 Å². The van der Waals surface area contributed by atoms with E-state index in [4.69, 9.17) is 9.47 Å². The van der Waals surface area contributed by atoms with Gasteiger partial charge >= 0.3 is 0 Å². The summed E-state index contributed by atoms with van der Waals surface area (Å²) in [5.74, 6) is -0.320. The van der Waals surface area contributed by atoms with Gasteiger partial charge in [-0.25, -0.2) is 8.42 Å². The highest BCUT2D eigenvalue weighted by molar-refractivity contribution is 7.89. The lowest BCUT2D eigenvalue weighted by Gasteiger charge is -2.43. The number of carbonyl (C=O) groups is 1. The van der Waals surface area contributed by atoms with Crippen LogP contribution in [0.3, 0.4) is 0 Å². The number of hydrogen-bond acceptors (Lipinski definition) is 7. The van der Waals surface area contributed by atoms with E-state index in [0.29, 0.717) is 16.9 Å². The molecular weight excluding hydrogens is 795 g/mol. The molecule has 1 aliphatic carbocycles. The SMILES string of the molecule is Cc1ccc(S(=O)(=O)N[C@H](Cc2ccccc2)C(=O)NCc2ccccc2-c2ccc([C@@H]3O[C@H](CN4CC5(C)CC4CC(C)(C)C5)[C@H](C)[C@H](c4ccc(CO)cc4)O3)cc2)cc1. The fourth-order valence-corrected chi connectivity index (χ4v) is 11.6. The summed E-state index contributed by atoms with van der Waals surface area (Å²) in [5, 5.41) is 12.8. The van der Waals surface area contributed by atoms with Gasteiger partial charge in [0.05, 0.1) is 23.7 Å². The number of aliphatic hydroxyl groups is 1. The van der Waals surface area contributed by atoms with Crippen molar-refractivity contribution in [3.05, 3.63) is 161 Å². The maximum atomic E-state index is 13.9. The number of amides is 1. The standard InChI is InChI=1S/C52H61N3O6S/c1-35-15-25-44(26-16-35)62(58,59)54-46(27-37-11-7-6-8-12-37)49(57)53-30-42-13-9-10-14-45(42)39-21-23-41(24-22-39)50-60-47(31-55-34-52(5)29-43(55)28-51(3,4)33-52)36(2)48(61-50)40-19-17-38(32-56)18-20-40/h6-26,36,43,46-48,50,54,56H,27-34H2,1-5H3,(H,53,57)/t36-,43?,46+,47+,48+,50+,52?/m0/s1. The minimum atomic E-state index is -3.98. The molecule has 0 spiro atoms. The third kappa shape index (κ3) is 10.1. The van der Waals surface area contributed by atoms with Crippen molar-refractivity contribution in [2.45, 2.75) is 109 Å². The van der Waals surface area contributed by atoms with E-state index in [2.05, 4.69) is 79.0 Å². The summed E-state index contributed by atoms with van der Waals surface area (Å²) in [6.45, 7) is 13.5. The number of likely N-dealkylation sites (tertiary alicyclic amines) is 1. The smallest absolute Gasteiger partial charge is 0.241 e. The molecule has 2 aliphatic heterocycles. The molecule has 2 saturated heterocycles. The first kappa shape index (κ1) is 43.9. The minimum Gasteiger partial charge on any atom is -0.392 e. The largest absolute Gasteiger partial charge is 0.392 e. The van der Waals surface area contributed by atoms with Crippen LogP contribution in [0.15, 0.2) is 132 Å². The zero-order valence-electron chi connectivity index (χ0n) is 36.6. The normalized spacial score (nSPS) is 25.3. The molecule has 3 aliphatic rings. The highest BCUT2D eigenvalue weighted by atomic mass is 32.2. The van der Waals surface area contributed by atoms with Gasteiger partial charge in [-0.3, -0.25) is 9.69 Å². The monoisotopic (exact) mass is 855 g/mol. The second kappa shape index (κ2) is 18.2. The van der Waals surface area contributed by atoms with Gasteiger partial charge in [0.15, 0.2) is 6.29 Å². The topological polar surface area (TPSA) is 117 Å². The third-order valence-corrected chi connectivity index (χ3v) is 14.7. The zero-order chi connectivity index (χ0) is 43.6. The van der Waals surface area contributed by atoms with Gasteiger partial charge in [0.1, 0.15) is 6.04 Å². The third-order valence-electron chi connectivity index (χ3n) is 13.3. The van der Waals surface area contributed by atoms with Crippen molar-refractivity contribution in [3.8, 4) is 11.1 Å². The van der Waals surface area contributed by atoms with Crippen LogP contribution in [0.4, 0.5) is 0 Å². The van der Waals surface area contributed by atoms with Gasteiger partial charge < -0.3 is 19.9 Å². The molecule has 2 bridgehead atoms. The molecule has 3 N–H and O–H groups in total. The van der Waals surface area contributed by atoms with Crippen molar-refractivity contribution in [2.24, 2.45) is 16.7 Å². The molecule has 326 valence electrons. The summed E-state index contributed by atoms with van der Waals surface area (Å²) >= 11 is 0. The average Bonchev–Trinajstić information content (AvgIpc) is 3.50.